The minimum Gasteiger partial charge on any atom is -0.386 e. The summed E-state index contributed by atoms with van der Waals surface area (Å²) in [6.45, 7) is 10.2. The molecule has 0 aliphatic carbocycles. The zero-order chi connectivity index (χ0) is 10.9. The lowest BCUT2D eigenvalue weighted by Crippen LogP contribution is -2.21. The molecule has 0 fully saturated rings. The van der Waals surface area contributed by atoms with Crippen LogP contribution in [0.3, 0.4) is 0 Å². The van der Waals surface area contributed by atoms with E-state index in [1.165, 1.54) is 0 Å². The standard InChI is InChI=1S/C11H20N2O/c1-8(2)13-7-12-6-9(13)10(14)11(3,4)5/h6-8,10,14H,1-5H3. The maximum atomic E-state index is 10.1. The Morgan fingerprint density at radius 3 is 2.36 bits per heavy atom. The molecule has 1 atom stereocenters. The molecule has 0 amide bonds. The van der Waals surface area contributed by atoms with Gasteiger partial charge in [-0.15, -0.1) is 0 Å². The summed E-state index contributed by atoms with van der Waals surface area (Å²) < 4.78 is 2.01. The van der Waals surface area contributed by atoms with Crippen LogP contribution in [0.1, 0.15) is 52.5 Å². The van der Waals surface area contributed by atoms with Crippen LogP contribution in [0.4, 0.5) is 0 Å². The number of aliphatic hydroxyl groups is 1. The number of hydrogen-bond acceptors (Lipinski definition) is 2. The molecule has 0 saturated heterocycles. The Morgan fingerprint density at radius 2 is 1.93 bits per heavy atom. The zero-order valence-electron chi connectivity index (χ0n) is 9.65. The van der Waals surface area contributed by atoms with Gasteiger partial charge in [-0.05, 0) is 19.3 Å². The fraction of sp³-hybridized carbons (Fsp3) is 0.727. The molecule has 0 aromatic carbocycles. The molecule has 0 aliphatic heterocycles. The molecule has 1 N–H and O–H groups in total. The smallest absolute Gasteiger partial charge is 0.100 e. The largest absolute Gasteiger partial charge is 0.386 e. The highest BCUT2D eigenvalue weighted by Gasteiger charge is 2.26. The molecule has 1 aromatic rings. The van der Waals surface area contributed by atoms with Crippen LogP contribution in [0.2, 0.25) is 0 Å². The maximum Gasteiger partial charge on any atom is 0.100 e. The van der Waals surface area contributed by atoms with Gasteiger partial charge < -0.3 is 9.67 Å². The lowest BCUT2D eigenvalue weighted by molar-refractivity contribution is 0.0548. The van der Waals surface area contributed by atoms with Crippen molar-refractivity contribution in [2.75, 3.05) is 0 Å². The summed E-state index contributed by atoms with van der Waals surface area (Å²) >= 11 is 0. The maximum absolute atomic E-state index is 10.1. The Hall–Kier alpha value is -0.830. The van der Waals surface area contributed by atoms with Crippen molar-refractivity contribution < 1.29 is 5.11 Å². The molecule has 0 saturated carbocycles. The first-order chi connectivity index (χ1) is 6.34. The van der Waals surface area contributed by atoms with Crippen molar-refractivity contribution in [2.24, 2.45) is 5.41 Å². The van der Waals surface area contributed by atoms with Gasteiger partial charge in [-0.3, -0.25) is 0 Å². The number of nitrogens with zero attached hydrogens (tertiary/aromatic N) is 2. The van der Waals surface area contributed by atoms with E-state index in [1.807, 2.05) is 25.3 Å². The van der Waals surface area contributed by atoms with Crippen LogP contribution in [-0.4, -0.2) is 14.7 Å². The lowest BCUT2D eigenvalue weighted by atomic mass is 9.87. The number of rotatable bonds is 2. The van der Waals surface area contributed by atoms with Crippen molar-refractivity contribution in [3.05, 3.63) is 18.2 Å². The summed E-state index contributed by atoms with van der Waals surface area (Å²) in [7, 11) is 0. The van der Waals surface area contributed by atoms with Crippen LogP contribution >= 0.6 is 0 Å². The molecule has 80 valence electrons. The minimum absolute atomic E-state index is 0.146. The van der Waals surface area contributed by atoms with Crippen molar-refractivity contribution in [3.8, 4) is 0 Å². The molecular formula is C11H20N2O. The van der Waals surface area contributed by atoms with Crippen molar-refractivity contribution >= 4 is 0 Å². The second-order valence-electron chi connectivity index (χ2n) is 5.09. The average Bonchev–Trinajstić information content (AvgIpc) is 2.48. The van der Waals surface area contributed by atoms with Crippen molar-refractivity contribution in [2.45, 2.75) is 46.8 Å². The second-order valence-corrected chi connectivity index (χ2v) is 5.09. The highest BCUT2D eigenvalue weighted by atomic mass is 16.3. The summed E-state index contributed by atoms with van der Waals surface area (Å²) in [5.41, 5.74) is 0.750. The van der Waals surface area contributed by atoms with Gasteiger partial charge in [-0.25, -0.2) is 4.98 Å². The van der Waals surface area contributed by atoms with Crippen LogP contribution in [0.25, 0.3) is 0 Å². The molecule has 0 aliphatic rings. The fourth-order valence-electron chi connectivity index (χ4n) is 1.40. The van der Waals surface area contributed by atoms with Crippen LogP contribution in [0.15, 0.2) is 12.5 Å². The van der Waals surface area contributed by atoms with Crippen LogP contribution < -0.4 is 0 Å². The molecule has 1 rings (SSSR count). The topological polar surface area (TPSA) is 38.0 Å². The molecule has 1 unspecified atom stereocenters. The number of aromatic nitrogens is 2. The predicted molar refractivity (Wildman–Crippen MR) is 57.0 cm³/mol. The first-order valence-electron chi connectivity index (χ1n) is 5.04. The van der Waals surface area contributed by atoms with Crippen LogP contribution in [-0.2, 0) is 0 Å². The van der Waals surface area contributed by atoms with Gasteiger partial charge in [0.05, 0.1) is 18.2 Å². The fourth-order valence-corrected chi connectivity index (χ4v) is 1.40. The van der Waals surface area contributed by atoms with Crippen molar-refractivity contribution in [3.63, 3.8) is 0 Å². The minimum atomic E-state index is -0.465. The van der Waals surface area contributed by atoms with E-state index in [0.29, 0.717) is 6.04 Å². The van der Waals surface area contributed by atoms with Crippen molar-refractivity contribution in [1.82, 2.24) is 9.55 Å². The summed E-state index contributed by atoms with van der Waals surface area (Å²) in [5, 5.41) is 10.1. The van der Waals surface area contributed by atoms with Crippen molar-refractivity contribution in [1.29, 1.82) is 0 Å². The third-order valence-corrected chi connectivity index (χ3v) is 2.35. The first kappa shape index (κ1) is 11.2. The Kier molecular flexibility index (Phi) is 3.00. The quantitative estimate of drug-likeness (QED) is 0.789. The third kappa shape index (κ3) is 2.15. The molecule has 14 heavy (non-hydrogen) atoms. The summed E-state index contributed by atoms with van der Waals surface area (Å²) in [6, 6.07) is 0.338. The molecule has 3 heteroatoms. The predicted octanol–water partition coefficient (Wildman–Crippen LogP) is 2.54. The van der Waals surface area contributed by atoms with Gasteiger partial charge in [0.1, 0.15) is 6.10 Å². The first-order valence-corrected chi connectivity index (χ1v) is 5.04. The Labute approximate surface area is 85.8 Å². The SMILES string of the molecule is CC(C)n1cncc1C(O)C(C)(C)C. The summed E-state index contributed by atoms with van der Waals surface area (Å²) in [5.74, 6) is 0. The molecule has 3 nitrogen and oxygen atoms in total. The van der Waals surface area contributed by atoms with E-state index >= 15 is 0 Å². The second kappa shape index (κ2) is 3.73. The highest BCUT2D eigenvalue weighted by Crippen LogP contribution is 2.33. The van der Waals surface area contributed by atoms with Crippen LogP contribution in [0.5, 0.6) is 0 Å². The van der Waals surface area contributed by atoms with Crippen LogP contribution in [0, 0.1) is 5.41 Å². The lowest BCUT2D eigenvalue weighted by Gasteiger charge is -2.27. The Balaban J connectivity index is 3.01. The molecule has 1 aromatic heterocycles. The summed E-state index contributed by atoms with van der Waals surface area (Å²) in [4.78, 5) is 4.08. The van der Waals surface area contributed by atoms with E-state index < -0.39 is 6.10 Å². The van der Waals surface area contributed by atoms with Gasteiger partial charge >= 0.3 is 0 Å². The third-order valence-electron chi connectivity index (χ3n) is 2.35. The van der Waals surface area contributed by atoms with Gasteiger partial charge in [0, 0.05) is 6.04 Å². The number of aliphatic hydroxyl groups excluding tert-OH is 1. The molecule has 0 spiro atoms. The molecule has 0 bridgehead atoms. The van der Waals surface area contributed by atoms with E-state index in [4.69, 9.17) is 0 Å². The normalized spacial score (nSPS) is 14.8. The Morgan fingerprint density at radius 1 is 1.36 bits per heavy atom. The summed E-state index contributed by atoms with van der Waals surface area (Å²) in [6.07, 6.45) is 3.05. The van der Waals surface area contributed by atoms with E-state index in [9.17, 15) is 5.11 Å². The van der Waals surface area contributed by atoms with E-state index in [2.05, 4.69) is 18.8 Å². The van der Waals surface area contributed by atoms with E-state index in [1.54, 1.807) is 12.5 Å². The average molecular weight is 196 g/mol. The monoisotopic (exact) mass is 196 g/mol. The highest BCUT2D eigenvalue weighted by molar-refractivity contribution is 5.06. The van der Waals surface area contributed by atoms with Gasteiger partial charge in [0.2, 0.25) is 0 Å². The molecule has 1 heterocycles. The zero-order valence-corrected chi connectivity index (χ0v) is 9.65. The van der Waals surface area contributed by atoms with Gasteiger partial charge in [-0.1, -0.05) is 20.8 Å². The van der Waals surface area contributed by atoms with E-state index in [-0.39, 0.29) is 5.41 Å². The van der Waals surface area contributed by atoms with Gasteiger partial charge in [0.25, 0.3) is 0 Å². The van der Waals surface area contributed by atoms with E-state index in [0.717, 1.165) is 5.69 Å². The molecule has 0 radical (unpaired) electrons. The van der Waals surface area contributed by atoms with Gasteiger partial charge in [0.15, 0.2) is 0 Å². The Bertz CT molecular complexity index is 296. The number of imidazole rings is 1. The number of hydrogen-bond donors (Lipinski definition) is 1. The van der Waals surface area contributed by atoms with Gasteiger partial charge in [-0.2, -0.15) is 0 Å². The molecular weight excluding hydrogens is 176 g/mol.